The van der Waals surface area contributed by atoms with E-state index in [0.29, 0.717) is 0 Å². The highest BCUT2D eigenvalue weighted by Crippen LogP contribution is 2.07. The van der Waals surface area contributed by atoms with Crippen LogP contribution in [-0.2, 0) is 9.59 Å². The van der Waals surface area contributed by atoms with Crippen molar-refractivity contribution < 1.29 is 9.59 Å². The fourth-order valence-electron chi connectivity index (χ4n) is 2.22. The van der Waals surface area contributed by atoms with Crippen LogP contribution in [0.1, 0.15) is 64.7 Å². The molecule has 2 amide bonds. The van der Waals surface area contributed by atoms with Crippen LogP contribution in [0.2, 0.25) is 0 Å². The van der Waals surface area contributed by atoms with E-state index in [2.05, 4.69) is 35.6 Å². The van der Waals surface area contributed by atoms with Gasteiger partial charge in [0.1, 0.15) is 0 Å². The molecule has 0 saturated heterocycles. The molecule has 5 heteroatoms. The van der Waals surface area contributed by atoms with E-state index in [9.17, 15) is 9.59 Å². The Bertz CT molecular complexity index is 368. The van der Waals surface area contributed by atoms with E-state index in [1.807, 2.05) is 14.1 Å². The number of carbonyl (C=O) groups excluding carboxylic acids is 2. The lowest BCUT2D eigenvalue weighted by atomic mass is 10.1. The molecule has 0 bridgehead atoms. The van der Waals surface area contributed by atoms with Crippen molar-refractivity contribution >= 4 is 11.8 Å². The van der Waals surface area contributed by atoms with Crippen molar-refractivity contribution in [2.45, 2.75) is 64.7 Å². The smallest absolute Gasteiger partial charge is 0.243 e. The summed E-state index contributed by atoms with van der Waals surface area (Å²) < 4.78 is 0. The van der Waals surface area contributed by atoms with Crippen LogP contribution in [-0.4, -0.2) is 50.4 Å². The maximum Gasteiger partial charge on any atom is 0.243 e. The van der Waals surface area contributed by atoms with Crippen LogP contribution < -0.4 is 10.6 Å². The topological polar surface area (TPSA) is 61.4 Å². The van der Waals surface area contributed by atoms with Gasteiger partial charge in [-0.3, -0.25) is 9.59 Å². The zero-order valence-corrected chi connectivity index (χ0v) is 17.3. The Hall–Kier alpha value is -1.62. The first-order valence-corrected chi connectivity index (χ1v) is 9.93. The predicted octanol–water partition coefficient (Wildman–Crippen LogP) is 3.67. The van der Waals surface area contributed by atoms with Crippen molar-refractivity contribution in [2.75, 3.05) is 33.7 Å². The lowest BCUT2D eigenvalue weighted by Gasteiger charge is -2.08. The van der Waals surface area contributed by atoms with Gasteiger partial charge in [0.2, 0.25) is 11.8 Å². The van der Waals surface area contributed by atoms with Crippen molar-refractivity contribution in [3.05, 3.63) is 25.3 Å². The number of nitrogens with one attached hydrogen (secondary N) is 2. The van der Waals surface area contributed by atoms with Gasteiger partial charge in [0.25, 0.3) is 0 Å². The molecular formula is C21H41N3O2. The van der Waals surface area contributed by atoms with Gasteiger partial charge in [-0.2, -0.15) is 0 Å². The van der Waals surface area contributed by atoms with Gasteiger partial charge in [0, 0.05) is 13.1 Å². The molecule has 0 fully saturated rings. The zero-order chi connectivity index (χ0) is 20.0. The second-order valence-electron chi connectivity index (χ2n) is 6.62. The van der Waals surface area contributed by atoms with Crippen molar-refractivity contribution in [2.24, 2.45) is 0 Å². The summed E-state index contributed by atoms with van der Waals surface area (Å²) in [6, 6.07) is 0. The Kier molecular flexibility index (Phi) is 21.9. The molecule has 0 aromatic carbocycles. The predicted molar refractivity (Wildman–Crippen MR) is 112 cm³/mol. The molecule has 0 radical (unpaired) electrons. The SMILES string of the molecule is C=CC(=O)NCCCCCCCCCC.C=CC(=O)NCCCN(C)C. The van der Waals surface area contributed by atoms with Crippen molar-refractivity contribution in [3.8, 4) is 0 Å². The molecule has 0 aliphatic carbocycles. The van der Waals surface area contributed by atoms with Crippen LogP contribution >= 0.6 is 0 Å². The summed E-state index contributed by atoms with van der Waals surface area (Å²) in [6.45, 7) is 11.5. The number of carbonyl (C=O) groups is 2. The van der Waals surface area contributed by atoms with Crippen LogP contribution in [0.15, 0.2) is 25.3 Å². The number of nitrogens with zero attached hydrogens (tertiary/aromatic N) is 1. The van der Waals surface area contributed by atoms with Gasteiger partial charge < -0.3 is 15.5 Å². The third kappa shape index (κ3) is 24.6. The molecule has 0 aromatic rings. The van der Waals surface area contributed by atoms with Crippen LogP contribution in [0.3, 0.4) is 0 Å². The molecule has 0 heterocycles. The molecule has 0 aromatic heterocycles. The highest BCUT2D eigenvalue weighted by atomic mass is 16.2. The van der Waals surface area contributed by atoms with Gasteiger partial charge in [0.05, 0.1) is 0 Å². The van der Waals surface area contributed by atoms with Gasteiger partial charge in [-0.1, -0.05) is 65.0 Å². The second kappa shape index (κ2) is 21.4. The third-order valence-corrected chi connectivity index (χ3v) is 3.78. The standard InChI is InChI=1S/C13H25NO.C8H16N2O/c1-3-5-6-7-8-9-10-11-12-14-13(15)4-2;1-4-8(11)9-6-5-7-10(2)3/h4H,2-3,5-12H2,1H3,(H,14,15);4H,1,5-7H2,2-3H3,(H,9,11). The van der Waals surface area contributed by atoms with Gasteiger partial charge in [-0.25, -0.2) is 0 Å². The van der Waals surface area contributed by atoms with E-state index < -0.39 is 0 Å². The maximum absolute atomic E-state index is 10.8. The van der Waals surface area contributed by atoms with Gasteiger partial charge >= 0.3 is 0 Å². The Morgan fingerprint density at radius 2 is 1.19 bits per heavy atom. The number of rotatable bonds is 15. The van der Waals surface area contributed by atoms with E-state index in [1.165, 1.54) is 57.1 Å². The molecule has 5 nitrogen and oxygen atoms in total. The first kappa shape index (κ1) is 26.6. The highest BCUT2D eigenvalue weighted by molar-refractivity contribution is 5.87. The van der Waals surface area contributed by atoms with Crippen molar-refractivity contribution in [3.63, 3.8) is 0 Å². The fraction of sp³-hybridized carbons (Fsp3) is 0.714. The molecule has 0 aliphatic rings. The average Bonchev–Trinajstić information content (AvgIpc) is 2.63. The Morgan fingerprint density at radius 3 is 1.62 bits per heavy atom. The van der Waals surface area contributed by atoms with E-state index in [4.69, 9.17) is 0 Å². The normalized spacial score (nSPS) is 9.85. The summed E-state index contributed by atoms with van der Waals surface area (Å²) in [6.07, 6.45) is 14.0. The monoisotopic (exact) mass is 367 g/mol. The summed E-state index contributed by atoms with van der Waals surface area (Å²) in [4.78, 5) is 23.5. The number of hydrogen-bond acceptors (Lipinski definition) is 3. The molecule has 0 aliphatic heterocycles. The minimum atomic E-state index is -0.0937. The summed E-state index contributed by atoms with van der Waals surface area (Å²) in [7, 11) is 4.02. The maximum atomic E-state index is 10.8. The van der Waals surface area contributed by atoms with E-state index >= 15 is 0 Å². The van der Waals surface area contributed by atoms with Crippen LogP contribution in [0, 0.1) is 0 Å². The van der Waals surface area contributed by atoms with Crippen LogP contribution in [0.25, 0.3) is 0 Å². The molecule has 0 unspecified atom stereocenters. The van der Waals surface area contributed by atoms with E-state index in [-0.39, 0.29) is 11.8 Å². The number of hydrogen-bond donors (Lipinski definition) is 2. The van der Waals surface area contributed by atoms with Gasteiger partial charge in [-0.15, -0.1) is 0 Å². The lowest BCUT2D eigenvalue weighted by molar-refractivity contribution is -0.117. The Balaban J connectivity index is 0. The Morgan fingerprint density at radius 1 is 0.769 bits per heavy atom. The first-order chi connectivity index (χ1) is 12.5. The van der Waals surface area contributed by atoms with Crippen LogP contribution in [0.4, 0.5) is 0 Å². The largest absolute Gasteiger partial charge is 0.353 e. The molecular weight excluding hydrogens is 326 g/mol. The van der Waals surface area contributed by atoms with E-state index in [1.54, 1.807) is 0 Å². The van der Waals surface area contributed by atoms with Crippen LogP contribution in [0.5, 0.6) is 0 Å². The molecule has 152 valence electrons. The second-order valence-corrected chi connectivity index (χ2v) is 6.62. The van der Waals surface area contributed by atoms with E-state index in [0.717, 1.165) is 32.5 Å². The minimum absolute atomic E-state index is 0.0575. The molecule has 2 N–H and O–H groups in total. The molecule has 26 heavy (non-hydrogen) atoms. The lowest BCUT2D eigenvalue weighted by Crippen LogP contribution is -2.25. The summed E-state index contributed by atoms with van der Waals surface area (Å²) in [5, 5.41) is 5.49. The van der Waals surface area contributed by atoms with Gasteiger partial charge in [-0.05, 0) is 45.6 Å². The average molecular weight is 368 g/mol. The summed E-state index contributed by atoms with van der Waals surface area (Å²) in [5.74, 6) is -0.151. The molecule has 0 rings (SSSR count). The quantitative estimate of drug-likeness (QED) is 0.343. The number of amides is 2. The fourth-order valence-corrected chi connectivity index (χ4v) is 2.22. The zero-order valence-electron chi connectivity index (χ0n) is 17.3. The Labute approximate surface area is 161 Å². The number of unbranched alkanes of at least 4 members (excludes halogenated alkanes) is 7. The first-order valence-electron chi connectivity index (χ1n) is 9.93. The highest BCUT2D eigenvalue weighted by Gasteiger charge is 1.94. The van der Waals surface area contributed by atoms with Gasteiger partial charge in [0.15, 0.2) is 0 Å². The van der Waals surface area contributed by atoms with Crippen molar-refractivity contribution in [1.82, 2.24) is 15.5 Å². The summed E-state index contributed by atoms with van der Waals surface area (Å²) in [5.41, 5.74) is 0. The summed E-state index contributed by atoms with van der Waals surface area (Å²) >= 11 is 0. The molecule has 0 saturated carbocycles. The molecule has 0 atom stereocenters. The third-order valence-electron chi connectivity index (χ3n) is 3.78. The molecule has 0 spiro atoms. The minimum Gasteiger partial charge on any atom is -0.353 e. The van der Waals surface area contributed by atoms with Crippen molar-refractivity contribution in [1.29, 1.82) is 0 Å².